The Morgan fingerprint density at radius 2 is 1.95 bits per heavy atom. The van der Waals surface area contributed by atoms with Crippen molar-refractivity contribution in [1.29, 1.82) is 0 Å². The fraction of sp³-hybridized carbons (Fsp3) is 0.0625. The molecule has 108 valence electrons. The first kappa shape index (κ1) is 13.5. The number of pyridine rings is 2. The van der Waals surface area contributed by atoms with Gasteiger partial charge in [-0.25, -0.2) is 9.97 Å². The number of hydrogen-bond donors (Lipinski definition) is 0. The average Bonchev–Trinajstić information content (AvgIpc) is 2.85. The molecule has 0 aliphatic rings. The molecule has 3 heterocycles. The van der Waals surface area contributed by atoms with E-state index in [0.29, 0.717) is 21.5 Å². The minimum atomic E-state index is 0.621. The second kappa shape index (κ2) is 4.93. The Kier molecular flexibility index (Phi) is 3.03. The maximum Gasteiger partial charge on any atom is 0.167 e. The van der Waals surface area contributed by atoms with Gasteiger partial charge in [0.25, 0.3) is 0 Å². The summed E-state index contributed by atoms with van der Waals surface area (Å²) in [6, 6.07) is 11.1. The Bertz CT molecular complexity index is 1010. The quantitative estimate of drug-likeness (QED) is 0.513. The molecule has 1 aromatic carbocycles. The van der Waals surface area contributed by atoms with Crippen LogP contribution in [0.4, 0.5) is 0 Å². The lowest BCUT2D eigenvalue weighted by atomic mass is 10.1. The van der Waals surface area contributed by atoms with E-state index in [9.17, 15) is 0 Å². The lowest BCUT2D eigenvalue weighted by molar-refractivity contribution is 0.849. The Morgan fingerprint density at radius 1 is 1.09 bits per heavy atom. The summed E-state index contributed by atoms with van der Waals surface area (Å²) >= 11 is 12.6. The third-order valence-corrected chi connectivity index (χ3v) is 4.17. The van der Waals surface area contributed by atoms with Crippen molar-refractivity contribution < 1.29 is 0 Å². The Balaban J connectivity index is 2.15. The van der Waals surface area contributed by atoms with E-state index in [1.165, 1.54) is 0 Å². The standard InChI is InChI=1S/C16H10Cl2N4/c1-9-14-15(18)11-6-5-10(17)8-12(11)20-16(14)22(21-9)13-4-2-3-7-19-13/h2-8H,1H3. The van der Waals surface area contributed by atoms with Gasteiger partial charge in [0.1, 0.15) is 0 Å². The fourth-order valence-electron chi connectivity index (χ4n) is 2.55. The molecule has 0 saturated heterocycles. The number of nitrogens with zero attached hydrogens (tertiary/aromatic N) is 4. The van der Waals surface area contributed by atoms with E-state index in [4.69, 9.17) is 23.2 Å². The fourth-order valence-corrected chi connectivity index (χ4v) is 3.09. The molecule has 0 bridgehead atoms. The lowest BCUT2D eigenvalue weighted by Gasteiger charge is -2.05. The topological polar surface area (TPSA) is 43.6 Å². The van der Waals surface area contributed by atoms with Gasteiger partial charge in [0.2, 0.25) is 0 Å². The van der Waals surface area contributed by atoms with Gasteiger partial charge >= 0.3 is 0 Å². The molecular formula is C16H10Cl2N4. The van der Waals surface area contributed by atoms with Crippen LogP contribution in [0.25, 0.3) is 27.8 Å². The van der Waals surface area contributed by atoms with Crippen molar-refractivity contribution in [3.63, 3.8) is 0 Å². The van der Waals surface area contributed by atoms with Crippen LogP contribution >= 0.6 is 23.2 Å². The highest BCUT2D eigenvalue weighted by atomic mass is 35.5. The summed E-state index contributed by atoms with van der Waals surface area (Å²) in [7, 11) is 0. The summed E-state index contributed by atoms with van der Waals surface area (Å²) in [6.45, 7) is 1.91. The molecule has 0 radical (unpaired) electrons. The summed E-state index contributed by atoms with van der Waals surface area (Å²) in [5, 5.41) is 7.50. The summed E-state index contributed by atoms with van der Waals surface area (Å²) in [6.07, 6.45) is 1.72. The molecule has 0 fully saturated rings. The number of hydrogen-bond acceptors (Lipinski definition) is 3. The first-order chi connectivity index (χ1) is 10.6. The number of aromatic nitrogens is 4. The molecular weight excluding hydrogens is 319 g/mol. The van der Waals surface area contributed by atoms with Gasteiger partial charge in [0.05, 0.1) is 21.6 Å². The van der Waals surface area contributed by atoms with Crippen molar-refractivity contribution >= 4 is 45.1 Å². The predicted molar refractivity (Wildman–Crippen MR) is 88.9 cm³/mol. The van der Waals surface area contributed by atoms with E-state index in [1.54, 1.807) is 16.9 Å². The molecule has 4 aromatic rings. The van der Waals surface area contributed by atoms with Crippen molar-refractivity contribution in [1.82, 2.24) is 19.7 Å². The zero-order chi connectivity index (χ0) is 15.3. The van der Waals surface area contributed by atoms with Gasteiger partial charge in [-0.05, 0) is 37.3 Å². The highest BCUT2D eigenvalue weighted by molar-refractivity contribution is 6.40. The zero-order valence-electron chi connectivity index (χ0n) is 11.6. The number of fused-ring (bicyclic) bond motifs is 2. The van der Waals surface area contributed by atoms with Gasteiger partial charge in [-0.3, -0.25) is 0 Å². The van der Waals surface area contributed by atoms with Crippen LogP contribution in [0.2, 0.25) is 10.0 Å². The van der Waals surface area contributed by atoms with Crippen LogP contribution in [-0.4, -0.2) is 19.7 Å². The molecule has 0 aliphatic carbocycles. The van der Waals surface area contributed by atoms with Gasteiger partial charge in [-0.15, -0.1) is 0 Å². The van der Waals surface area contributed by atoms with Gasteiger partial charge in [0.15, 0.2) is 11.5 Å². The van der Waals surface area contributed by atoms with Crippen LogP contribution in [0.1, 0.15) is 5.69 Å². The molecule has 0 spiro atoms. The maximum atomic E-state index is 6.58. The van der Waals surface area contributed by atoms with Gasteiger partial charge in [-0.1, -0.05) is 29.3 Å². The molecule has 6 heteroatoms. The second-order valence-electron chi connectivity index (χ2n) is 4.97. The SMILES string of the molecule is Cc1nn(-c2ccccn2)c2nc3cc(Cl)ccc3c(Cl)c12. The van der Waals surface area contributed by atoms with Crippen LogP contribution in [0, 0.1) is 6.92 Å². The summed E-state index contributed by atoms with van der Waals surface area (Å²) in [5.41, 5.74) is 2.23. The Morgan fingerprint density at radius 3 is 2.73 bits per heavy atom. The van der Waals surface area contributed by atoms with Crippen LogP contribution in [0.3, 0.4) is 0 Å². The molecule has 4 rings (SSSR count). The average molecular weight is 329 g/mol. The number of halogens is 2. The molecule has 22 heavy (non-hydrogen) atoms. The van der Waals surface area contributed by atoms with E-state index in [1.807, 2.05) is 37.3 Å². The van der Waals surface area contributed by atoms with Crippen LogP contribution in [0.15, 0.2) is 42.6 Å². The van der Waals surface area contributed by atoms with Crippen molar-refractivity contribution in [2.45, 2.75) is 6.92 Å². The normalized spacial score (nSPS) is 11.4. The molecule has 0 saturated carbocycles. The Hall–Kier alpha value is -2.17. The summed E-state index contributed by atoms with van der Waals surface area (Å²) in [4.78, 5) is 9.02. The molecule has 4 nitrogen and oxygen atoms in total. The van der Waals surface area contributed by atoms with Crippen molar-refractivity contribution in [3.05, 3.63) is 58.3 Å². The largest absolute Gasteiger partial charge is 0.237 e. The first-order valence-corrected chi connectivity index (χ1v) is 7.46. The van der Waals surface area contributed by atoms with E-state index >= 15 is 0 Å². The highest BCUT2D eigenvalue weighted by Crippen LogP contribution is 2.34. The number of benzene rings is 1. The molecule has 0 amide bonds. The Labute approximate surface area is 136 Å². The predicted octanol–water partition coefficient (Wildman–Crippen LogP) is 4.58. The molecule has 3 aromatic heterocycles. The molecule has 0 aliphatic heterocycles. The van der Waals surface area contributed by atoms with Crippen molar-refractivity contribution in [2.75, 3.05) is 0 Å². The smallest absolute Gasteiger partial charge is 0.167 e. The first-order valence-electron chi connectivity index (χ1n) is 6.70. The minimum absolute atomic E-state index is 0.621. The van der Waals surface area contributed by atoms with Crippen LogP contribution in [-0.2, 0) is 0 Å². The van der Waals surface area contributed by atoms with Crippen molar-refractivity contribution in [3.8, 4) is 5.82 Å². The van der Waals surface area contributed by atoms with E-state index < -0.39 is 0 Å². The van der Waals surface area contributed by atoms with E-state index in [-0.39, 0.29) is 0 Å². The maximum absolute atomic E-state index is 6.58. The zero-order valence-corrected chi connectivity index (χ0v) is 13.1. The molecule has 0 atom stereocenters. The molecule has 0 N–H and O–H groups in total. The van der Waals surface area contributed by atoms with Gasteiger partial charge < -0.3 is 0 Å². The molecule has 0 unspecified atom stereocenters. The van der Waals surface area contributed by atoms with Crippen LogP contribution < -0.4 is 0 Å². The third-order valence-electron chi connectivity index (χ3n) is 3.54. The van der Waals surface area contributed by atoms with Gasteiger partial charge in [0, 0.05) is 16.6 Å². The van der Waals surface area contributed by atoms with E-state index in [2.05, 4.69) is 15.1 Å². The number of rotatable bonds is 1. The summed E-state index contributed by atoms with van der Waals surface area (Å²) < 4.78 is 1.71. The monoisotopic (exact) mass is 328 g/mol. The second-order valence-corrected chi connectivity index (χ2v) is 5.79. The minimum Gasteiger partial charge on any atom is -0.237 e. The highest BCUT2D eigenvalue weighted by Gasteiger charge is 2.17. The van der Waals surface area contributed by atoms with Gasteiger partial charge in [-0.2, -0.15) is 9.78 Å². The van der Waals surface area contributed by atoms with E-state index in [0.717, 1.165) is 22.0 Å². The third kappa shape index (κ3) is 1.95. The number of aryl methyl sites for hydroxylation is 1. The lowest BCUT2D eigenvalue weighted by Crippen LogP contribution is -2.00. The van der Waals surface area contributed by atoms with Crippen molar-refractivity contribution in [2.24, 2.45) is 0 Å². The van der Waals surface area contributed by atoms with Crippen LogP contribution in [0.5, 0.6) is 0 Å². The summed E-state index contributed by atoms with van der Waals surface area (Å²) in [5.74, 6) is 0.700.